The molecule has 0 N–H and O–H groups in total. The van der Waals surface area contributed by atoms with Crippen LogP contribution in [-0.2, 0) is 4.74 Å². The molecule has 0 saturated carbocycles. The topological polar surface area (TPSA) is 26.3 Å². The van der Waals surface area contributed by atoms with E-state index in [9.17, 15) is 13.6 Å². The Morgan fingerprint density at radius 1 is 1.38 bits per heavy atom. The highest BCUT2D eigenvalue weighted by molar-refractivity contribution is 5.98. The summed E-state index contributed by atoms with van der Waals surface area (Å²) in [6.45, 7) is 2.21. The third-order valence-corrected chi connectivity index (χ3v) is 2.92. The van der Waals surface area contributed by atoms with E-state index in [1.165, 1.54) is 6.07 Å². The number of carbonyl (C=O) groups is 1. The lowest BCUT2D eigenvalue weighted by atomic mass is 9.92. The van der Waals surface area contributed by atoms with Gasteiger partial charge in [-0.05, 0) is 25.5 Å². The summed E-state index contributed by atoms with van der Waals surface area (Å²) in [5.74, 6) is -2.54. The van der Waals surface area contributed by atoms with Crippen LogP contribution >= 0.6 is 0 Å². The number of hydrogen-bond donors (Lipinski definition) is 0. The average molecular weight is 226 g/mol. The maximum Gasteiger partial charge on any atom is 0.174 e. The van der Waals surface area contributed by atoms with Crippen LogP contribution < -0.4 is 0 Å². The van der Waals surface area contributed by atoms with Crippen molar-refractivity contribution >= 4 is 5.78 Å². The smallest absolute Gasteiger partial charge is 0.174 e. The summed E-state index contributed by atoms with van der Waals surface area (Å²) in [5, 5.41) is 0. The zero-order valence-corrected chi connectivity index (χ0v) is 8.87. The van der Waals surface area contributed by atoms with Crippen molar-refractivity contribution in [3.63, 3.8) is 0 Å². The van der Waals surface area contributed by atoms with Gasteiger partial charge in [0.05, 0.1) is 17.6 Å². The van der Waals surface area contributed by atoms with E-state index < -0.39 is 28.9 Å². The van der Waals surface area contributed by atoms with Gasteiger partial charge in [0, 0.05) is 6.61 Å². The van der Waals surface area contributed by atoms with Crippen molar-refractivity contribution in [3.05, 3.63) is 35.4 Å². The molecule has 0 spiro atoms. The molecule has 1 aliphatic heterocycles. The predicted octanol–water partition coefficient (Wildman–Crippen LogP) is 2.57. The van der Waals surface area contributed by atoms with Crippen molar-refractivity contribution in [2.24, 2.45) is 5.92 Å². The molecule has 0 aliphatic carbocycles. The lowest BCUT2D eigenvalue weighted by Crippen LogP contribution is -2.23. The molecule has 4 heteroatoms. The Morgan fingerprint density at radius 2 is 2.00 bits per heavy atom. The van der Waals surface area contributed by atoms with Crippen LogP contribution in [0.2, 0.25) is 0 Å². The van der Waals surface area contributed by atoms with E-state index >= 15 is 0 Å². The first-order valence-corrected chi connectivity index (χ1v) is 5.21. The molecule has 2 rings (SSSR count). The van der Waals surface area contributed by atoms with Gasteiger partial charge in [-0.2, -0.15) is 0 Å². The van der Waals surface area contributed by atoms with Crippen LogP contribution in [-0.4, -0.2) is 18.5 Å². The summed E-state index contributed by atoms with van der Waals surface area (Å²) in [5.41, 5.74) is -0.440. The minimum atomic E-state index is -0.802. The second-order valence-electron chi connectivity index (χ2n) is 3.93. The molecule has 1 aromatic rings. The van der Waals surface area contributed by atoms with E-state index in [0.29, 0.717) is 13.0 Å². The van der Waals surface area contributed by atoms with Crippen LogP contribution in [0.5, 0.6) is 0 Å². The normalized spacial score (nSPS) is 24.7. The van der Waals surface area contributed by atoms with Crippen molar-refractivity contribution in [2.75, 3.05) is 6.61 Å². The molecule has 1 saturated heterocycles. The standard InChI is InChI=1S/C12H12F2O2/c1-7-8(5-6-16-7)12(15)11-9(13)3-2-4-10(11)14/h2-4,7-8H,5-6H2,1H3. The first kappa shape index (κ1) is 11.2. The number of carbonyl (C=O) groups excluding carboxylic acids is 1. The fourth-order valence-corrected chi connectivity index (χ4v) is 1.99. The largest absolute Gasteiger partial charge is 0.378 e. The Morgan fingerprint density at radius 3 is 2.50 bits per heavy atom. The number of rotatable bonds is 2. The first-order chi connectivity index (χ1) is 7.61. The molecule has 86 valence electrons. The van der Waals surface area contributed by atoms with Crippen LogP contribution in [0.3, 0.4) is 0 Å². The maximum atomic E-state index is 13.4. The van der Waals surface area contributed by atoms with E-state index in [0.717, 1.165) is 12.1 Å². The van der Waals surface area contributed by atoms with E-state index in [2.05, 4.69) is 0 Å². The Balaban J connectivity index is 2.33. The second-order valence-corrected chi connectivity index (χ2v) is 3.93. The fraction of sp³-hybridized carbons (Fsp3) is 0.417. The first-order valence-electron chi connectivity index (χ1n) is 5.21. The van der Waals surface area contributed by atoms with Crippen molar-refractivity contribution in [2.45, 2.75) is 19.4 Å². The molecule has 1 heterocycles. The second kappa shape index (κ2) is 4.29. The summed E-state index contributed by atoms with van der Waals surface area (Å²) >= 11 is 0. The molecule has 0 amide bonds. The predicted molar refractivity (Wildman–Crippen MR) is 54.2 cm³/mol. The summed E-state index contributed by atoms with van der Waals surface area (Å²) in [6, 6.07) is 3.43. The van der Waals surface area contributed by atoms with Gasteiger partial charge in [-0.1, -0.05) is 6.07 Å². The molecule has 1 aromatic carbocycles. The van der Waals surface area contributed by atoms with E-state index in [1.54, 1.807) is 6.92 Å². The molecule has 1 aliphatic rings. The minimum absolute atomic E-state index is 0.272. The zero-order valence-electron chi connectivity index (χ0n) is 8.87. The molecule has 1 fully saturated rings. The summed E-state index contributed by atoms with van der Waals surface area (Å²) in [4.78, 5) is 11.9. The molecule has 2 unspecified atom stereocenters. The Labute approximate surface area is 92.2 Å². The van der Waals surface area contributed by atoms with Crippen molar-refractivity contribution in [3.8, 4) is 0 Å². The van der Waals surface area contributed by atoms with Gasteiger partial charge in [0.25, 0.3) is 0 Å². The van der Waals surface area contributed by atoms with Crippen LogP contribution in [0.4, 0.5) is 8.78 Å². The highest BCUT2D eigenvalue weighted by atomic mass is 19.1. The van der Waals surface area contributed by atoms with Crippen LogP contribution in [0.25, 0.3) is 0 Å². The van der Waals surface area contributed by atoms with E-state index in [1.807, 2.05) is 0 Å². The highest BCUT2D eigenvalue weighted by Crippen LogP contribution is 2.26. The van der Waals surface area contributed by atoms with Crippen molar-refractivity contribution in [1.82, 2.24) is 0 Å². The van der Waals surface area contributed by atoms with Gasteiger partial charge in [-0.3, -0.25) is 4.79 Å². The molecule has 0 radical (unpaired) electrons. The van der Waals surface area contributed by atoms with Gasteiger partial charge in [0.15, 0.2) is 5.78 Å². The van der Waals surface area contributed by atoms with Gasteiger partial charge < -0.3 is 4.74 Å². The highest BCUT2D eigenvalue weighted by Gasteiger charge is 2.34. The number of benzene rings is 1. The summed E-state index contributed by atoms with van der Waals surface area (Å²) in [7, 11) is 0. The van der Waals surface area contributed by atoms with Gasteiger partial charge in [0.2, 0.25) is 0 Å². The lowest BCUT2D eigenvalue weighted by Gasteiger charge is -2.13. The molecular formula is C12H12F2O2. The van der Waals surface area contributed by atoms with Gasteiger partial charge in [0.1, 0.15) is 11.6 Å². The molecule has 0 aromatic heterocycles. The fourth-order valence-electron chi connectivity index (χ4n) is 1.99. The summed E-state index contributed by atoms with van der Waals surface area (Å²) < 4.78 is 32.0. The third-order valence-electron chi connectivity index (χ3n) is 2.92. The Hall–Kier alpha value is -1.29. The number of hydrogen-bond acceptors (Lipinski definition) is 2. The minimum Gasteiger partial charge on any atom is -0.378 e. The average Bonchev–Trinajstić information content (AvgIpc) is 2.64. The van der Waals surface area contributed by atoms with Gasteiger partial charge in [-0.25, -0.2) is 8.78 Å². The lowest BCUT2D eigenvalue weighted by molar-refractivity contribution is 0.0757. The zero-order chi connectivity index (χ0) is 11.7. The molecule has 0 bridgehead atoms. The Bertz CT molecular complexity index is 397. The van der Waals surface area contributed by atoms with Gasteiger partial charge >= 0.3 is 0 Å². The van der Waals surface area contributed by atoms with Crippen LogP contribution in [0.1, 0.15) is 23.7 Å². The van der Waals surface area contributed by atoms with Crippen LogP contribution in [0, 0.1) is 17.6 Å². The van der Waals surface area contributed by atoms with Crippen molar-refractivity contribution in [1.29, 1.82) is 0 Å². The number of ether oxygens (including phenoxy) is 1. The molecule has 2 atom stereocenters. The SMILES string of the molecule is CC1OCCC1C(=O)c1c(F)cccc1F. The molecular weight excluding hydrogens is 214 g/mol. The monoisotopic (exact) mass is 226 g/mol. The van der Waals surface area contributed by atoms with Gasteiger partial charge in [-0.15, -0.1) is 0 Å². The van der Waals surface area contributed by atoms with Crippen LogP contribution in [0.15, 0.2) is 18.2 Å². The Kier molecular flexibility index (Phi) is 3.01. The summed E-state index contributed by atoms with van der Waals surface area (Å²) in [6.07, 6.45) is 0.250. The van der Waals surface area contributed by atoms with Crippen molar-refractivity contribution < 1.29 is 18.3 Å². The van der Waals surface area contributed by atoms with E-state index in [-0.39, 0.29) is 6.10 Å². The quantitative estimate of drug-likeness (QED) is 0.724. The number of ketones is 1. The molecule has 16 heavy (non-hydrogen) atoms. The molecule has 2 nitrogen and oxygen atoms in total. The third kappa shape index (κ3) is 1.85. The number of Topliss-reactive ketones (excluding diaryl/α,β-unsaturated/α-hetero) is 1. The maximum absolute atomic E-state index is 13.4. The van der Waals surface area contributed by atoms with E-state index in [4.69, 9.17) is 4.74 Å². The number of halogens is 2.